The van der Waals surface area contributed by atoms with Crippen LogP contribution in [0.4, 0.5) is 17.1 Å². The third-order valence-electron chi connectivity index (χ3n) is 7.11. The van der Waals surface area contributed by atoms with Crippen molar-refractivity contribution < 1.29 is 10.0 Å². The molecular weight excluding hydrogens is 489 g/mol. The van der Waals surface area contributed by atoms with Crippen LogP contribution in [-0.4, -0.2) is 17.2 Å². The van der Waals surface area contributed by atoms with Gasteiger partial charge >= 0.3 is 7.12 Å². The first kappa shape index (κ1) is 25.4. The fourth-order valence-corrected chi connectivity index (χ4v) is 4.99. The van der Waals surface area contributed by atoms with E-state index in [2.05, 4.69) is 126 Å². The Morgan fingerprint density at radius 2 is 0.750 bits per heavy atom. The summed E-state index contributed by atoms with van der Waals surface area (Å²) in [7, 11) is -1.47. The summed E-state index contributed by atoms with van der Waals surface area (Å²) < 4.78 is 0. The molecule has 0 bridgehead atoms. The Bertz CT molecular complexity index is 1680. The topological polar surface area (TPSA) is 43.7 Å². The number of nitrogens with zero attached hydrogens (tertiary/aromatic N) is 1. The van der Waals surface area contributed by atoms with Crippen molar-refractivity contribution in [2.45, 2.75) is 0 Å². The fraction of sp³-hybridized carbons (Fsp3) is 0. The molecule has 0 saturated heterocycles. The predicted octanol–water partition coefficient (Wildman–Crippen LogP) is 7.84. The summed E-state index contributed by atoms with van der Waals surface area (Å²) in [6, 6.07) is 53.9. The summed E-state index contributed by atoms with van der Waals surface area (Å²) in [5, 5.41) is 18.8. The van der Waals surface area contributed by atoms with E-state index in [-0.39, 0.29) is 0 Å². The molecular formula is C36H28BNO2. The molecule has 3 nitrogen and oxygen atoms in total. The first-order valence-corrected chi connectivity index (χ1v) is 13.3. The summed E-state index contributed by atoms with van der Waals surface area (Å²) in [4.78, 5) is 2.27. The first-order valence-electron chi connectivity index (χ1n) is 13.3. The van der Waals surface area contributed by atoms with Gasteiger partial charge in [0.1, 0.15) is 0 Å². The highest BCUT2D eigenvalue weighted by Gasteiger charge is 2.15. The second-order valence-electron chi connectivity index (χ2n) is 9.71. The van der Waals surface area contributed by atoms with E-state index in [0.717, 1.165) is 33.8 Å². The molecule has 0 aromatic heterocycles. The smallest absolute Gasteiger partial charge is 0.423 e. The number of rotatable bonds is 7. The average molecular weight is 517 g/mol. The molecule has 6 rings (SSSR count). The number of anilines is 3. The molecule has 0 aliphatic carbocycles. The van der Waals surface area contributed by atoms with E-state index in [9.17, 15) is 10.0 Å². The van der Waals surface area contributed by atoms with Gasteiger partial charge < -0.3 is 14.9 Å². The SMILES string of the molecule is OB(O)c1ccc(-c2ccc(N(c3ccc(-c4ccccc4)cc3)c3cccc(-c4ccccc4)c3)cc2)cc1. The van der Waals surface area contributed by atoms with Crippen molar-refractivity contribution in [1.82, 2.24) is 0 Å². The number of benzene rings is 6. The highest BCUT2D eigenvalue weighted by molar-refractivity contribution is 6.58. The Morgan fingerprint density at radius 3 is 1.23 bits per heavy atom. The van der Waals surface area contributed by atoms with Crippen LogP contribution in [0.1, 0.15) is 0 Å². The highest BCUT2D eigenvalue weighted by atomic mass is 16.4. The lowest BCUT2D eigenvalue weighted by atomic mass is 9.80. The predicted molar refractivity (Wildman–Crippen MR) is 167 cm³/mol. The maximum atomic E-state index is 9.42. The Morgan fingerprint density at radius 1 is 0.350 bits per heavy atom. The minimum absolute atomic E-state index is 0.476. The van der Waals surface area contributed by atoms with Crippen LogP contribution in [0, 0.1) is 0 Å². The second kappa shape index (κ2) is 11.5. The van der Waals surface area contributed by atoms with E-state index in [1.165, 1.54) is 16.7 Å². The van der Waals surface area contributed by atoms with E-state index >= 15 is 0 Å². The lowest BCUT2D eigenvalue weighted by molar-refractivity contribution is 0.426. The van der Waals surface area contributed by atoms with E-state index in [1.54, 1.807) is 12.1 Å². The molecule has 4 heteroatoms. The van der Waals surface area contributed by atoms with Gasteiger partial charge in [-0.05, 0) is 75.2 Å². The lowest BCUT2D eigenvalue weighted by Gasteiger charge is -2.26. The maximum absolute atomic E-state index is 9.42. The molecule has 0 spiro atoms. The summed E-state index contributed by atoms with van der Waals surface area (Å²) >= 11 is 0. The van der Waals surface area contributed by atoms with Crippen molar-refractivity contribution in [1.29, 1.82) is 0 Å². The molecule has 6 aromatic rings. The largest absolute Gasteiger partial charge is 0.488 e. The van der Waals surface area contributed by atoms with Gasteiger partial charge in [-0.25, -0.2) is 0 Å². The van der Waals surface area contributed by atoms with Crippen LogP contribution in [0.15, 0.2) is 158 Å². The minimum atomic E-state index is -1.47. The molecule has 0 atom stereocenters. The third-order valence-corrected chi connectivity index (χ3v) is 7.11. The van der Waals surface area contributed by atoms with Crippen molar-refractivity contribution in [3.63, 3.8) is 0 Å². The number of hydrogen-bond acceptors (Lipinski definition) is 3. The quantitative estimate of drug-likeness (QED) is 0.212. The van der Waals surface area contributed by atoms with Crippen molar-refractivity contribution in [2.75, 3.05) is 4.90 Å². The molecule has 0 amide bonds. The van der Waals surface area contributed by atoms with Gasteiger partial charge in [-0.2, -0.15) is 0 Å². The standard InChI is InChI=1S/C36H28BNO2/c39-37(40)33-20-14-29(15-21-33)31-18-24-35(25-19-31)38(34-22-16-30(17-23-34)27-8-3-1-4-9-27)36-13-7-12-32(26-36)28-10-5-2-6-11-28/h1-26,39-40H. The highest BCUT2D eigenvalue weighted by Crippen LogP contribution is 2.38. The molecule has 0 fully saturated rings. The van der Waals surface area contributed by atoms with Gasteiger partial charge in [0.25, 0.3) is 0 Å². The van der Waals surface area contributed by atoms with Crippen LogP contribution in [-0.2, 0) is 0 Å². The molecule has 0 aliphatic rings. The average Bonchev–Trinajstić information content (AvgIpc) is 3.03. The first-order chi connectivity index (χ1) is 19.7. The molecule has 6 aromatic carbocycles. The number of hydrogen-bond donors (Lipinski definition) is 2. The van der Waals surface area contributed by atoms with E-state index < -0.39 is 7.12 Å². The van der Waals surface area contributed by atoms with Gasteiger partial charge in [0.05, 0.1) is 0 Å². The van der Waals surface area contributed by atoms with E-state index in [1.807, 2.05) is 24.3 Å². The van der Waals surface area contributed by atoms with Crippen LogP contribution in [0.5, 0.6) is 0 Å². The Hall–Kier alpha value is -4.90. The summed E-state index contributed by atoms with van der Waals surface area (Å²) in [6.45, 7) is 0. The van der Waals surface area contributed by atoms with Crippen LogP contribution in [0.25, 0.3) is 33.4 Å². The normalized spacial score (nSPS) is 10.8. The zero-order valence-electron chi connectivity index (χ0n) is 21.9. The fourth-order valence-electron chi connectivity index (χ4n) is 4.99. The lowest BCUT2D eigenvalue weighted by Crippen LogP contribution is -2.29. The van der Waals surface area contributed by atoms with Crippen LogP contribution in [0.3, 0.4) is 0 Å². The van der Waals surface area contributed by atoms with Gasteiger partial charge in [0, 0.05) is 17.1 Å². The van der Waals surface area contributed by atoms with E-state index in [0.29, 0.717) is 5.46 Å². The van der Waals surface area contributed by atoms with Gasteiger partial charge in [-0.15, -0.1) is 0 Å². The zero-order chi connectivity index (χ0) is 27.3. The Kier molecular flexibility index (Phi) is 7.27. The van der Waals surface area contributed by atoms with E-state index in [4.69, 9.17) is 0 Å². The molecule has 0 unspecified atom stereocenters. The summed E-state index contributed by atoms with van der Waals surface area (Å²) in [6.07, 6.45) is 0. The van der Waals surface area contributed by atoms with Crippen molar-refractivity contribution in [3.8, 4) is 33.4 Å². The van der Waals surface area contributed by atoms with Crippen LogP contribution in [0.2, 0.25) is 0 Å². The van der Waals surface area contributed by atoms with Gasteiger partial charge in [0.2, 0.25) is 0 Å². The molecule has 0 heterocycles. The van der Waals surface area contributed by atoms with Gasteiger partial charge in [0.15, 0.2) is 0 Å². The van der Waals surface area contributed by atoms with Crippen molar-refractivity contribution >= 4 is 29.6 Å². The van der Waals surface area contributed by atoms with Crippen LogP contribution < -0.4 is 10.4 Å². The van der Waals surface area contributed by atoms with Gasteiger partial charge in [-0.3, -0.25) is 0 Å². The minimum Gasteiger partial charge on any atom is -0.423 e. The molecule has 192 valence electrons. The zero-order valence-corrected chi connectivity index (χ0v) is 21.9. The Balaban J connectivity index is 1.39. The van der Waals surface area contributed by atoms with Gasteiger partial charge in [-0.1, -0.05) is 121 Å². The third kappa shape index (κ3) is 5.45. The summed E-state index contributed by atoms with van der Waals surface area (Å²) in [5.74, 6) is 0. The summed E-state index contributed by atoms with van der Waals surface area (Å²) in [5.41, 5.74) is 10.4. The Labute approximate surface area is 235 Å². The van der Waals surface area contributed by atoms with Crippen molar-refractivity contribution in [2.24, 2.45) is 0 Å². The second-order valence-corrected chi connectivity index (χ2v) is 9.71. The molecule has 0 radical (unpaired) electrons. The molecule has 0 aliphatic heterocycles. The molecule has 2 N–H and O–H groups in total. The molecule has 0 saturated carbocycles. The van der Waals surface area contributed by atoms with Crippen molar-refractivity contribution in [3.05, 3.63) is 158 Å². The monoisotopic (exact) mass is 517 g/mol. The maximum Gasteiger partial charge on any atom is 0.488 e. The van der Waals surface area contributed by atoms with Crippen LogP contribution >= 0.6 is 0 Å². The molecule has 40 heavy (non-hydrogen) atoms.